The first-order valence-electron chi connectivity index (χ1n) is 6.90. The van der Waals surface area contributed by atoms with E-state index in [-0.39, 0.29) is 12.1 Å². The summed E-state index contributed by atoms with van der Waals surface area (Å²) in [6.45, 7) is 5.21. The Balaban J connectivity index is 1.96. The Morgan fingerprint density at radius 2 is 2.37 bits per heavy atom. The molecule has 1 N–H and O–H groups in total. The van der Waals surface area contributed by atoms with Crippen LogP contribution >= 0.6 is 0 Å². The Bertz CT molecular complexity index is 377. The maximum absolute atomic E-state index is 5.92. The molecule has 1 aromatic carbocycles. The van der Waals surface area contributed by atoms with Crippen LogP contribution in [-0.2, 0) is 9.47 Å². The third-order valence-electron chi connectivity index (χ3n) is 3.33. The van der Waals surface area contributed by atoms with Crippen molar-refractivity contribution in [1.29, 1.82) is 0 Å². The SMILES string of the molecule is CCNC(COC1CCOC1)c1cccc(OC)c1. The van der Waals surface area contributed by atoms with Gasteiger partial charge in [0, 0.05) is 6.61 Å². The van der Waals surface area contributed by atoms with Crippen LogP contribution in [0, 0.1) is 0 Å². The van der Waals surface area contributed by atoms with Crippen LogP contribution in [0.25, 0.3) is 0 Å². The smallest absolute Gasteiger partial charge is 0.119 e. The number of ether oxygens (including phenoxy) is 3. The highest BCUT2D eigenvalue weighted by Gasteiger charge is 2.19. The van der Waals surface area contributed by atoms with Crippen LogP contribution in [0.3, 0.4) is 0 Å². The molecule has 0 spiro atoms. The largest absolute Gasteiger partial charge is 0.497 e. The van der Waals surface area contributed by atoms with E-state index in [1.54, 1.807) is 7.11 Å². The lowest BCUT2D eigenvalue weighted by Gasteiger charge is -2.21. The Labute approximate surface area is 115 Å². The molecule has 0 saturated carbocycles. The zero-order valence-electron chi connectivity index (χ0n) is 11.7. The summed E-state index contributed by atoms with van der Waals surface area (Å²) in [5.41, 5.74) is 1.19. The second kappa shape index (κ2) is 7.48. The molecule has 1 heterocycles. The van der Waals surface area contributed by atoms with E-state index >= 15 is 0 Å². The zero-order chi connectivity index (χ0) is 13.5. The molecule has 2 rings (SSSR count). The van der Waals surface area contributed by atoms with Crippen molar-refractivity contribution in [3.63, 3.8) is 0 Å². The minimum Gasteiger partial charge on any atom is -0.497 e. The molecule has 1 fully saturated rings. The number of hydrogen-bond donors (Lipinski definition) is 1. The molecule has 1 saturated heterocycles. The fourth-order valence-corrected chi connectivity index (χ4v) is 2.25. The van der Waals surface area contributed by atoms with Crippen molar-refractivity contribution in [2.24, 2.45) is 0 Å². The standard InChI is InChI=1S/C15H23NO3/c1-3-16-15(11-19-14-7-8-18-10-14)12-5-4-6-13(9-12)17-2/h4-6,9,14-16H,3,7-8,10-11H2,1-2H3. The second-order valence-electron chi connectivity index (χ2n) is 4.71. The molecule has 0 aromatic heterocycles. The fraction of sp³-hybridized carbons (Fsp3) is 0.600. The molecule has 0 aliphatic carbocycles. The highest BCUT2D eigenvalue weighted by molar-refractivity contribution is 5.30. The van der Waals surface area contributed by atoms with Gasteiger partial charge >= 0.3 is 0 Å². The first kappa shape index (κ1) is 14.3. The molecule has 0 bridgehead atoms. The van der Waals surface area contributed by atoms with Crippen molar-refractivity contribution in [3.05, 3.63) is 29.8 Å². The van der Waals surface area contributed by atoms with E-state index in [4.69, 9.17) is 14.2 Å². The summed E-state index contributed by atoms with van der Waals surface area (Å²) >= 11 is 0. The van der Waals surface area contributed by atoms with Crippen LogP contribution in [0.2, 0.25) is 0 Å². The minimum atomic E-state index is 0.195. The summed E-state index contributed by atoms with van der Waals surface area (Å²) in [6, 6.07) is 8.32. The Morgan fingerprint density at radius 3 is 3.05 bits per heavy atom. The molecule has 0 amide bonds. The van der Waals surface area contributed by atoms with Gasteiger partial charge in [-0.3, -0.25) is 0 Å². The Hall–Kier alpha value is -1.10. The Morgan fingerprint density at radius 1 is 1.47 bits per heavy atom. The average Bonchev–Trinajstić information content (AvgIpc) is 2.97. The summed E-state index contributed by atoms with van der Waals surface area (Å²) in [4.78, 5) is 0. The maximum atomic E-state index is 5.92. The topological polar surface area (TPSA) is 39.7 Å². The lowest BCUT2D eigenvalue weighted by molar-refractivity contribution is 0.0299. The third-order valence-corrected chi connectivity index (χ3v) is 3.33. The van der Waals surface area contributed by atoms with Crippen LogP contribution in [-0.4, -0.2) is 39.6 Å². The lowest BCUT2D eigenvalue weighted by atomic mass is 10.1. The van der Waals surface area contributed by atoms with E-state index in [1.807, 2.05) is 12.1 Å². The molecule has 19 heavy (non-hydrogen) atoms. The highest BCUT2D eigenvalue weighted by Crippen LogP contribution is 2.20. The minimum absolute atomic E-state index is 0.195. The van der Waals surface area contributed by atoms with Gasteiger partial charge in [0.25, 0.3) is 0 Å². The van der Waals surface area contributed by atoms with E-state index in [0.29, 0.717) is 6.61 Å². The molecular formula is C15H23NO3. The lowest BCUT2D eigenvalue weighted by Crippen LogP contribution is -2.28. The molecule has 1 aliphatic heterocycles. The quantitative estimate of drug-likeness (QED) is 0.820. The highest BCUT2D eigenvalue weighted by atomic mass is 16.5. The summed E-state index contributed by atoms with van der Waals surface area (Å²) in [7, 11) is 1.69. The molecule has 1 aliphatic rings. The molecule has 2 atom stereocenters. The predicted molar refractivity (Wildman–Crippen MR) is 74.6 cm³/mol. The summed E-state index contributed by atoms with van der Waals surface area (Å²) in [5.74, 6) is 0.879. The van der Waals surface area contributed by atoms with Crippen molar-refractivity contribution >= 4 is 0 Å². The van der Waals surface area contributed by atoms with Crippen LogP contribution in [0.4, 0.5) is 0 Å². The number of likely N-dealkylation sites (N-methyl/N-ethyl adjacent to an activating group) is 1. The number of rotatable bonds is 7. The van der Waals surface area contributed by atoms with Gasteiger partial charge in [-0.2, -0.15) is 0 Å². The van der Waals surface area contributed by atoms with Gasteiger partial charge < -0.3 is 19.5 Å². The summed E-state index contributed by atoms with van der Waals surface area (Å²) in [5, 5.41) is 3.45. The number of methoxy groups -OCH3 is 1. The van der Waals surface area contributed by atoms with E-state index in [9.17, 15) is 0 Å². The van der Waals surface area contributed by atoms with Gasteiger partial charge in [-0.1, -0.05) is 19.1 Å². The summed E-state index contributed by atoms with van der Waals surface area (Å²) < 4.78 is 16.5. The second-order valence-corrected chi connectivity index (χ2v) is 4.71. The number of benzene rings is 1. The summed E-state index contributed by atoms with van der Waals surface area (Å²) in [6.07, 6.45) is 1.24. The molecular weight excluding hydrogens is 242 g/mol. The zero-order valence-corrected chi connectivity index (χ0v) is 11.7. The van der Waals surface area contributed by atoms with Gasteiger partial charge in [0.1, 0.15) is 5.75 Å². The van der Waals surface area contributed by atoms with Crippen molar-refractivity contribution in [1.82, 2.24) is 5.32 Å². The van der Waals surface area contributed by atoms with Crippen LogP contribution in [0.15, 0.2) is 24.3 Å². The molecule has 4 nitrogen and oxygen atoms in total. The Kier molecular flexibility index (Phi) is 5.63. The molecule has 0 radical (unpaired) electrons. The molecule has 4 heteroatoms. The number of hydrogen-bond acceptors (Lipinski definition) is 4. The average molecular weight is 265 g/mol. The van der Waals surface area contributed by atoms with Gasteiger partial charge in [-0.25, -0.2) is 0 Å². The van der Waals surface area contributed by atoms with E-state index in [2.05, 4.69) is 24.4 Å². The van der Waals surface area contributed by atoms with E-state index < -0.39 is 0 Å². The molecule has 106 valence electrons. The van der Waals surface area contributed by atoms with Crippen LogP contribution in [0.5, 0.6) is 5.75 Å². The van der Waals surface area contributed by atoms with Crippen molar-refractivity contribution in [3.8, 4) is 5.75 Å². The number of nitrogens with one attached hydrogen (secondary N) is 1. The normalized spacial score (nSPS) is 20.4. The molecule has 1 aromatic rings. The van der Waals surface area contributed by atoms with Gasteiger partial charge in [0.2, 0.25) is 0 Å². The monoisotopic (exact) mass is 265 g/mol. The first-order chi connectivity index (χ1) is 9.33. The fourth-order valence-electron chi connectivity index (χ4n) is 2.25. The van der Waals surface area contributed by atoms with Crippen LogP contribution in [0.1, 0.15) is 24.9 Å². The van der Waals surface area contributed by atoms with Gasteiger partial charge in [-0.15, -0.1) is 0 Å². The van der Waals surface area contributed by atoms with Gasteiger partial charge in [0.15, 0.2) is 0 Å². The van der Waals surface area contributed by atoms with Crippen molar-refractivity contribution in [2.45, 2.75) is 25.5 Å². The third kappa shape index (κ3) is 4.20. The predicted octanol–water partition coefficient (Wildman–Crippen LogP) is 2.15. The van der Waals surface area contributed by atoms with E-state index in [0.717, 1.165) is 31.9 Å². The van der Waals surface area contributed by atoms with Crippen molar-refractivity contribution < 1.29 is 14.2 Å². The van der Waals surface area contributed by atoms with Gasteiger partial charge in [0.05, 0.1) is 32.5 Å². The van der Waals surface area contributed by atoms with Crippen molar-refractivity contribution in [2.75, 3.05) is 33.5 Å². The maximum Gasteiger partial charge on any atom is 0.119 e. The molecule has 2 unspecified atom stereocenters. The van der Waals surface area contributed by atoms with Gasteiger partial charge in [-0.05, 0) is 30.7 Å². The van der Waals surface area contributed by atoms with E-state index in [1.165, 1.54) is 5.56 Å². The van der Waals surface area contributed by atoms with Crippen LogP contribution < -0.4 is 10.1 Å². The first-order valence-corrected chi connectivity index (χ1v) is 6.90.